The zero-order valence-corrected chi connectivity index (χ0v) is 16.2. The van der Waals surface area contributed by atoms with Crippen LogP contribution in [0.15, 0.2) is 60.7 Å². The Balaban J connectivity index is 1.79. The number of nitrogens with zero attached hydrogens (tertiary/aromatic N) is 4. The normalized spacial score (nSPS) is 12.5. The minimum Gasteiger partial charge on any atom is -0.385 e. The maximum Gasteiger partial charge on any atom is 0.416 e. The Morgan fingerprint density at radius 3 is 2.42 bits per heavy atom. The number of fused-ring (bicyclic) bond motifs is 1. The first kappa shape index (κ1) is 20.4. The van der Waals surface area contributed by atoms with Crippen molar-refractivity contribution in [3.05, 3.63) is 77.6 Å². The molecule has 1 unspecified atom stereocenters. The van der Waals surface area contributed by atoms with Crippen LogP contribution in [-0.2, 0) is 6.18 Å². The molecule has 6 nitrogen and oxygen atoms in total. The van der Waals surface area contributed by atoms with Gasteiger partial charge in [0.25, 0.3) is 0 Å². The van der Waals surface area contributed by atoms with Gasteiger partial charge >= 0.3 is 6.18 Å². The average Bonchev–Trinajstić information content (AvgIpc) is 3.13. The minimum atomic E-state index is -4.43. The summed E-state index contributed by atoms with van der Waals surface area (Å²) >= 11 is 0. The lowest BCUT2D eigenvalue weighted by molar-refractivity contribution is -0.137. The topological polar surface area (TPSA) is 86.8 Å². The summed E-state index contributed by atoms with van der Waals surface area (Å²) in [5, 5.41) is 22.6. The van der Waals surface area contributed by atoms with Gasteiger partial charge in [-0.2, -0.15) is 18.4 Å². The molecule has 0 bridgehead atoms. The molecular weight excluding hydrogens is 407 g/mol. The summed E-state index contributed by atoms with van der Waals surface area (Å²) in [6.45, 7) is 1.58. The van der Waals surface area contributed by atoms with Crippen LogP contribution in [0.3, 0.4) is 0 Å². The fourth-order valence-electron chi connectivity index (χ4n) is 3.22. The number of aromatic nitrogens is 3. The summed E-state index contributed by atoms with van der Waals surface area (Å²) in [6.07, 6.45) is -5.32. The van der Waals surface area contributed by atoms with E-state index in [1.54, 1.807) is 23.6 Å². The first-order valence-electron chi connectivity index (χ1n) is 9.28. The van der Waals surface area contributed by atoms with E-state index in [1.807, 2.05) is 18.2 Å². The van der Waals surface area contributed by atoms with Crippen LogP contribution < -0.4 is 5.32 Å². The zero-order chi connectivity index (χ0) is 22.2. The Morgan fingerprint density at radius 2 is 1.77 bits per heavy atom. The number of nitriles is 1. The van der Waals surface area contributed by atoms with Crippen LogP contribution in [0.4, 0.5) is 24.7 Å². The number of halogens is 3. The second-order valence-corrected chi connectivity index (χ2v) is 6.88. The number of pyridine rings is 1. The van der Waals surface area contributed by atoms with Crippen molar-refractivity contribution in [2.75, 3.05) is 5.32 Å². The number of imidazole rings is 1. The Labute approximate surface area is 175 Å². The van der Waals surface area contributed by atoms with Gasteiger partial charge in [-0.1, -0.05) is 12.1 Å². The molecule has 0 radical (unpaired) electrons. The lowest BCUT2D eigenvalue weighted by atomic mass is 10.2. The molecule has 9 heteroatoms. The van der Waals surface area contributed by atoms with Gasteiger partial charge in [0.1, 0.15) is 23.6 Å². The summed E-state index contributed by atoms with van der Waals surface area (Å²) in [7, 11) is 0. The van der Waals surface area contributed by atoms with E-state index >= 15 is 0 Å². The maximum atomic E-state index is 12.8. The molecule has 0 spiro atoms. The Kier molecular flexibility index (Phi) is 5.09. The molecule has 0 aliphatic rings. The number of anilines is 2. The number of rotatable bonds is 4. The maximum absolute atomic E-state index is 12.8. The zero-order valence-electron chi connectivity index (χ0n) is 16.2. The monoisotopic (exact) mass is 423 g/mol. The highest BCUT2D eigenvalue weighted by molar-refractivity contribution is 5.78. The van der Waals surface area contributed by atoms with Gasteiger partial charge in [-0.05, 0) is 55.5 Å². The van der Waals surface area contributed by atoms with Crippen LogP contribution in [0.1, 0.15) is 30.0 Å². The van der Waals surface area contributed by atoms with Crippen LogP contribution in [0.5, 0.6) is 0 Å². The van der Waals surface area contributed by atoms with Gasteiger partial charge in [-0.3, -0.25) is 4.57 Å². The van der Waals surface area contributed by atoms with Crippen molar-refractivity contribution >= 4 is 22.5 Å². The predicted octanol–water partition coefficient (Wildman–Crippen LogP) is 5.11. The van der Waals surface area contributed by atoms with Crippen molar-refractivity contribution < 1.29 is 18.3 Å². The van der Waals surface area contributed by atoms with Crippen molar-refractivity contribution in [2.45, 2.75) is 19.2 Å². The number of alkyl halides is 3. The molecule has 2 heterocycles. The fraction of sp³-hybridized carbons (Fsp3) is 0.136. The molecule has 156 valence electrons. The third-order valence-electron chi connectivity index (χ3n) is 4.62. The van der Waals surface area contributed by atoms with E-state index in [0.29, 0.717) is 28.4 Å². The second kappa shape index (κ2) is 7.74. The molecule has 0 amide bonds. The van der Waals surface area contributed by atoms with E-state index in [4.69, 9.17) is 0 Å². The molecule has 0 fully saturated rings. The molecule has 31 heavy (non-hydrogen) atoms. The summed E-state index contributed by atoms with van der Waals surface area (Å²) in [6, 6.07) is 16.9. The van der Waals surface area contributed by atoms with Crippen molar-refractivity contribution in [1.82, 2.24) is 14.5 Å². The highest BCUT2D eigenvalue weighted by atomic mass is 19.4. The van der Waals surface area contributed by atoms with Crippen LogP contribution in [0, 0.1) is 11.3 Å². The van der Waals surface area contributed by atoms with Gasteiger partial charge in [0.15, 0.2) is 0 Å². The molecule has 0 saturated carbocycles. The number of hydrogen-bond donors (Lipinski definition) is 2. The summed E-state index contributed by atoms with van der Waals surface area (Å²) in [5.74, 6) is 0.963. The van der Waals surface area contributed by atoms with E-state index in [9.17, 15) is 23.5 Å². The fourth-order valence-corrected chi connectivity index (χ4v) is 3.22. The number of aliphatic hydroxyl groups is 1. The molecule has 1 atom stereocenters. The Hall–Kier alpha value is -3.90. The summed E-state index contributed by atoms with van der Waals surface area (Å²) < 4.78 is 40.0. The first-order chi connectivity index (χ1) is 14.8. The van der Waals surface area contributed by atoms with E-state index in [-0.39, 0.29) is 11.4 Å². The summed E-state index contributed by atoms with van der Waals surface area (Å²) in [5.41, 5.74) is 1.26. The molecular formula is C22H16F3N5O. The highest BCUT2D eigenvalue weighted by Gasteiger charge is 2.30. The second-order valence-electron chi connectivity index (χ2n) is 6.88. The van der Waals surface area contributed by atoms with E-state index < -0.39 is 17.8 Å². The number of benzene rings is 2. The lowest BCUT2D eigenvalue weighted by Crippen LogP contribution is -2.08. The highest BCUT2D eigenvalue weighted by Crippen LogP contribution is 2.31. The predicted molar refractivity (Wildman–Crippen MR) is 109 cm³/mol. The SMILES string of the molecule is CC(O)c1nc2ccccc2n1-c1cc(C#N)cc(Nc2ccc(C(F)(F)F)cc2)n1. The van der Waals surface area contributed by atoms with E-state index in [2.05, 4.69) is 21.4 Å². The van der Waals surface area contributed by atoms with E-state index in [0.717, 1.165) is 12.1 Å². The van der Waals surface area contributed by atoms with Crippen LogP contribution >= 0.6 is 0 Å². The molecule has 0 aliphatic carbocycles. The van der Waals surface area contributed by atoms with Crippen molar-refractivity contribution in [1.29, 1.82) is 5.26 Å². The van der Waals surface area contributed by atoms with Crippen LogP contribution in [0.25, 0.3) is 16.9 Å². The number of aliphatic hydroxyl groups excluding tert-OH is 1. The molecule has 2 aromatic heterocycles. The van der Waals surface area contributed by atoms with Crippen molar-refractivity contribution in [2.24, 2.45) is 0 Å². The summed E-state index contributed by atoms with van der Waals surface area (Å²) in [4.78, 5) is 8.96. The van der Waals surface area contributed by atoms with Gasteiger partial charge in [0, 0.05) is 5.69 Å². The third kappa shape index (κ3) is 4.06. The number of hydrogen-bond acceptors (Lipinski definition) is 5. The smallest absolute Gasteiger partial charge is 0.385 e. The Morgan fingerprint density at radius 1 is 1.06 bits per heavy atom. The van der Waals surface area contributed by atoms with E-state index in [1.165, 1.54) is 18.2 Å². The Bertz CT molecular complexity index is 1290. The van der Waals surface area contributed by atoms with Crippen molar-refractivity contribution in [3.8, 4) is 11.9 Å². The number of para-hydroxylation sites is 2. The van der Waals surface area contributed by atoms with Gasteiger partial charge in [0.05, 0.1) is 28.2 Å². The molecule has 2 aromatic carbocycles. The molecule has 2 N–H and O–H groups in total. The largest absolute Gasteiger partial charge is 0.416 e. The van der Waals surface area contributed by atoms with Gasteiger partial charge in [0.2, 0.25) is 0 Å². The van der Waals surface area contributed by atoms with Gasteiger partial charge in [-0.15, -0.1) is 0 Å². The standard InChI is InChI=1S/C22H16F3N5O/c1-13(31)21-28-17-4-2-3-5-18(17)30(21)20-11-14(12-26)10-19(29-20)27-16-8-6-15(7-9-16)22(23,24)25/h2-11,13,31H,1H3,(H,27,29). The van der Waals surface area contributed by atoms with Crippen LogP contribution in [-0.4, -0.2) is 19.6 Å². The minimum absolute atomic E-state index is 0.267. The van der Waals surface area contributed by atoms with Gasteiger partial charge < -0.3 is 10.4 Å². The molecule has 4 rings (SSSR count). The number of nitrogens with one attached hydrogen (secondary N) is 1. The van der Waals surface area contributed by atoms with Crippen molar-refractivity contribution in [3.63, 3.8) is 0 Å². The molecule has 0 saturated heterocycles. The quantitative estimate of drug-likeness (QED) is 0.477. The molecule has 0 aliphatic heterocycles. The van der Waals surface area contributed by atoms with Crippen LogP contribution in [0.2, 0.25) is 0 Å². The lowest BCUT2D eigenvalue weighted by Gasteiger charge is -2.13. The third-order valence-corrected chi connectivity index (χ3v) is 4.62. The van der Waals surface area contributed by atoms with Gasteiger partial charge in [-0.25, -0.2) is 9.97 Å². The first-order valence-corrected chi connectivity index (χ1v) is 9.28. The molecule has 4 aromatic rings. The average molecular weight is 423 g/mol.